The van der Waals surface area contributed by atoms with Gasteiger partial charge < -0.3 is 5.32 Å². The Bertz CT molecular complexity index is 155. The van der Waals surface area contributed by atoms with Gasteiger partial charge in [0.15, 0.2) is 0 Å². The highest BCUT2D eigenvalue weighted by Gasteiger charge is 2.12. The zero-order valence-electron chi connectivity index (χ0n) is 8.34. The number of rotatable bonds is 4. The molecule has 1 rings (SSSR count). The maximum Gasteiger partial charge on any atom is 0.216 e. The fourth-order valence-corrected chi connectivity index (χ4v) is 2.90. The fourth-order valence-electron chi connectivity index (χ4n) is 1.68. The largest absolute Gasteiger partial charge is 0.356 e. The van der Waals surface area contributed by atoms with Crippen molar-refractivity contribution in [3.63, 3.8) is 0 Å². The van der Waals surface area contributed by atoms with Crippen molar-refractivity contribution in [2.24, 2.45) is 0 Å². The summed E-state index contributed by atoms with van der Waals surface area (Å²) >= 11 is 2.02. The van der Waals surface area contributed by atoms with Gasteiger partial charge in [-0.05, 0) is 12.8 Å². The molecule has 0 spiro atoms. The molecule has 3 heteroatoms. The summed E-state index contributed by atoms with van der Waals surface area (Å²) in [6.45, 7) is 2.40. The Morgan fingerprint density at radius 3 is 2.69 bits per heavy atom. The second-order valence-corrected chi connectivity index (χ2v) is 5.02. The summed E-state index contributed by atoms with van der Waals surface area (Å²) in [7, 11) is 0. The van der Waals surface area contributed by atoms with Crippen LogP contribution in [0.4, 0.5) is 0 Å². The number of nitrogens with one attached hydrogen (secondary N) is 1. The minimum Gasteiger partial charge on any atom is -0.356 e. The Kier molecular flexibility index (Phi) is 5.28. The summed E-state index contributed by atoms with van der Waals surface area (Å²) < 4.78 is 0. The molecule has 0 unspecified atom stereocenters. The molecule has 1 saturated carbocycles. The summed E-state index contributed by atoms with van der Waals surface area (Å²) in [5, 5.41) is 3.69. The molecule has 0 saturated heterocycles. The lowest BCUT2D eigenvalue weighted by molar-refractivity contribution is -0.118. The smallest absolute Gasteiger partial charge is 0.216 e. The van der Waals surface area contributed by atoms with E-state index in [9.17, 15) is 4.79 Å². The van der Waals surface area contributed by atoms with Gasteiger partial charge in [0.25, 0.3) is 0 Å². The SMILES string of the molecule is CC(=O)NCCSC1CCCCC1. The molecular weight excluding hydrogens is 182 g/mol. The van der Waals surface area contributed by atoms with Crippen molar-refractivity contribution in [3.05, 3.63) is 0 Å². The third-order valence-corrected chi connectivity index (χ3v) is 3.76. The summed E-state index contributed by atoms with van der Waals surface area (Å²) in [6.07, 6.45) is 6.98. The highest BCUT2D eigenvalue weighted by molar-refractivity contribution is 7.99. The lowest BCUT2D eigenvalue weighted by Crippen LogP contribution is -2.23. The van der Waals surface area contributed by atoms with Crippen LogP contribution in [0.5, 0.6) is 0 Å². The van der Waals surface area contributed by atoms with Gasteiger partial charge in [0, 0.05) is 24.5 Å². The van der Waals surface area contributed by atoms with Gasteiger partial charge in [-0.2, -0.15) is 11.8 Å². The van der Waals surface area contributed by atoms with Gasteiger partial charge in [0.2, 0.25) is 5.91 Å². The zero-order chi connectivity index (χ0) is 9.52. The van der Waals surface area contributed by atoms with Gasteiger partial charge in [-0.25, -0.2) is 0 Å². The van der Waals surface area contributed by atoms with Crippen molar-refractivity contribution in [1.29, 1.82) is 0 Å². The first-order chi connectivity index (χ1) is 6.29. The average Bonchev–Trinajstić information content (AvgIpc) is 2.14. The molecule has 0 heterocycles. The van der Waals surface area contributed by atoms with Gasteiger partial charge in [0.05, 0.1) is 0 Å². The Labute approximate surface area is 84.9 Å². The second-order valence-electron chi connectivity index (χ2n) is 3.61. The first kappa shape index (κ1) is 10.9. The van der Waals surface area contributed by atoms with E-state index < -0.39 is 0 Å². The molecule has 1 N–H and O–H groups in total. The van der Waals surface area contributed by atoms with E-state index in [0.717, 1.165) is 17.5 Å². The molecule has 0 bridgehead atoms. The quantitative estimate of drug-likeness (QED) is 0.706. The maximum atomic E-state index is 10.6. The third-order valence-electron chi connectivity index (χ3n) is 2.38. The topological polar surface area (TPSA) is 29.1 Å². The van der Waals surface area contributed by atoms with Crippen LogP contribution in [-0.4, -0.2) is 23.5 Å². The summed E-state index contributed by atoms with van der Waals surface area (Å²) in [6, 6.07) is 0. The summed E-state index contributed by atoms with van der Waals surface area (Å²) in [5.74, 6) is 1.16. The number of carbonyl (C=O) groups is 1. The van der Waals surface area contributed by atoms with Gasteiger partial charge in [-0.3, -0.25) is 4.79 Å². The average molecular weight is 201 g/mol. The lowest BCUT2D eigenvalue weighted by Gasteiger charge is -2.20. The van der Waals surface area contributed by atoms with E-state index in [1.807, 2.05) is 11.8 Å². The molecular formula is C10H19NOS. The summed E-state index contributed by atoms with van der Waals surface area (Å²) in [5.41, 5.74) is 0. The zero-order valence-corrected chi connectivity index (χ0v) is 9.16. The van der Waals surface area contributed by atoms with Crippen molar-refractivity contribution in [2.75, 3.05) is 12.3 Å². The number of carbonyl (C=O) groups excluding carboxylic acids is 1. The number of hydrogen-bond acceptors (Lipinski definition) is 2. The molecule has 76 valence electrons. The van der Waals surface area contributed by atoms with Crippen molar-refractivity contribution in [2.45, 2.75) is 44.3 Å². The van der Waals surface area contributed by atoms with E-state index >= 15 is 0 Å². The first-order valence-corrected chi connectivity index (χ1v) is 6.20. The van der Waals surface area contributed by atoms with Crippen LogP contribution in [-0.2, 0) is 4.79 Å². The number of amides is 1. The van der Waals surface area contributed by atoms with Crippen molar-refractivity contribution in [3.8, 4) is 0 Å². The molecule has 0 aromatic carbocycles. The molecule has 1 fully saturated rings. The molecule has 0 aromatic heterocycles. The van der Waals surface area contributed by atoms with Gasteiger partial charge in [-0.15, -0.1) is 0 Å². The molecule has 0 radical (unpaired) electrons. The van der Waals surface area contributed by atoms with Gasteiger partial charge in [-0.1, -0.05) is 19.3 Å². The van der Waals surface area contributed by atoms with E-state index in [4.69, 9.17) is 0 Å². The molecule has 1 aliphatic carbocycles. The first-order valence-electron chi connectivity index (χ1n) is 5.15. The van der Waals surface area contributed by atoms with Gasteiger partial charge >= 0.3 is 0 Å². The fraction of sp³-hybridized carbons (Fsp3) is 0.900. The van der Waals surface area contributed by atoms with Crippen LogP contribution in [0.2, 0.25) is 0 Å². The van der Waals surface area contributed by atoms with E-state index in [2.05, 4.69) is 5.32 Å². The Morgan fingerprint density at radius 1 is 1.38 bits per heavy atom. The minimum absolute atomic E-state index is 0.0873. The van der Waals surface area contributed by atoms with Crippen LogP contribution in [0, 0.1) is 0 Å². The minimum atomic E-state index is 0.0873. The van der Waals surface area contributed by atoms with Crippen LogP contribution >= 0.6 is 11.8 Å². The Balaban J connectivity index is 1.95. The third kappa shape index (κ3) is 5.19. The number of thioether (sulfide) groups is 1. The van der Waals surface area contributed by atoms with Crippen molar-refractivity contribution >= 4 is 17.7 Å². The van der Waals surface area contributed by atoms with Crippen molar-refractivity contribution < 1.29 is 4.79 Å². The van der Waals surface area contributed by atoms with Crippen LogP contribution < -0.4 is 5.32 Å². The molecule has 0 atom stereocenters. The molecule has 0 aliphatic heterocycles. The second kappa shape index (κ2) is 6.30. The van der Waals surface area contributed by atoms with Crippen LogP contribution in [0.1, 0.15) is 39.0 Å². The molecule has 13 heavy (non-hydrogen) atoms. The van der Waals surface area contributed by atoms with E-state index in [1.54, 1.807) is 6.92 Å². The molecule has 1 aliphatic rings. The lowest BCUT2D eigenvalue weighted by atomic mass is 10.0. The van der Waals surface area contributed by atoms with Crippen molar-refractivity contribution in [1.82, 2.24) is 5.32 Å². The molecule has 0 aromatic rings. The van der Waals surface area contributed by atoms with Crippen LogP contribution in [0.25, 0.3) is 0 Å². The normalized spacial score (nSPS) is 18.5. The summed E-state index contributed by atoms with van der Waals surface area (Å²) in [4.78, 5) is 10.6. The van der Waals surface area contributed by atoms with E-state index in [-0.39, 0.29) is 5.91 Å². The highest BCUT2D eigenvalue weighted by Crippen LogP contribution is 2.27. The standard InChI is InChI=1S/C10H19NOS/c1-9(12)11-7-8-13-10-5-3-2-4-6-10/h10H,2-8H2,1H3,(H,11,12). The highest BCUT2D eigenvalue weighted by atomic mass is 32.2. The van der Waals surface area contributed by atoms with E-state index in [0.29, 0.717) is 0 Å². The Hall–Kier alpha value is -0.180. The van der Waals surface area contributed by atoms with Crippen LogP contribution in [0.15, 0.2) is 0 Å². The predicted octanol–water partition coefficient (Wildman–Crippen LogP) is 2.19. The van der Waals surface area contributed by atoms with Crippen LogP contribution in [0.3, 0.4) is 0 Å². The predicted molar refractivity (Wildman–Crippen MR) is 58.0 cm³/mol. The molecule has 1 amide bonds. The monoisotopic (exact) mass is 201 g/mol. The molecule has 2 nitrogen and oxygen atoms in total. The Morgan fingerprint density at radius 2 is 2.08 bits per heavy atom. The van der Waals surface area contributed by atoms with Gasteiger partial charge in [0.1, 0.15) is 0 Å². The van der Waals surface area contributed by atoms with E-state index in [1.165, 1.54) is 32.1 Å². The maximum absolute atomic E-state index is 10.6. The number of hydrogen-bond donors (Lipinski definition) is 1.